The quantitative estimate of drug-likeness (QED) is 0.842. The molecule has 1 fully saturated rings. The molecule has 1 N–H and O–H groups in total. The normalized spacial score (nSPS) is 19.6. The van der Waals surface area contributed by atoms with Gasteiger partial charge < -0.3 is 5.32 Å². The molecule has 0 aliphatic heterocycles. The molecule has 1 aliphatic rings. The van der Waals surface area contributed by atoms with Crippen molar-refractivity contribution in [1.82, 2.24) is 5.32 Å². The highest BCUT2D eigenvalue weighted by atomic mass is 32.2. The molecule has 2 rings (SSSR count). The molecule has 1 unspecified atom stereocenters. The standard InChI is InChI=1S/C17H27NS/c1-13-7-8-16(11-14(13)2)15(3)18-12-17(19-4)9-5-6-10-17/h7-8,11,15,18H,5-6,9-10,12H2,1-4H3. The molecular weight excluding hydrogens is 250 g/mol. The number of hydrogen-bond acceptors (Lipinski definition) is 2. The Labute approximate surface area is 122 Å². The molecule has 0 spiro atoms. The van der Waals surface area contributed by atoms with Crippen LogP contribution in [-0.2, 0) is 0 Å². The number of rotatable bonds is 5. The molecule has 0 amide bonds. The average Bonchev–Trinajstić information content (AvgIpc) is 2.89. The molecule has 0 heterocycles. The fourth-order valence-electron chi connectivity index (χ4n) is 2.96. The molecule has 1 nitrogen and oxygen atoms in total. The third kappa shape index (κ3) is 3.55. The number of aryl methyl sites for hydroxylation is 2. The lowest BCUT2D eigenvalue weighted by molar-refractivity contribution is 0.486. The Balaban J connectivity index is 1.96. The van der Waals surface area contributed by atoms with Crippen molar-refractivity contribution >= 4 is 11.8 Å². The van der Waals surface area contributed by atoms with E-state index in [9.17, 15) is 0 Å². The van der Waals surface area contributed by atoms with Crippen LogP contribution in [0.25, 0.3) is 0 Å². The molecule has 1 aliphatic carbocycles. The first-order valence-corrected chi connectivity index (χ1v) is 8.64. The van der Waals surface area contributed by atoms with E-state index in [1.54, 1.807) is 0 Å². The van der Waals surface area contributed by atoms with E-state index in [0.717, 1.165) is 6.54 Å². The summed E-state index contributed by atoms with van der Waals surface area (Å²) in [7, 11) is 0. The smallest absolute Gasteiger partial charge is 0.0292 e. The van der Waals surface area contributed by atoms with Gasteiger partial charge >= 0.3 is 0 Å². The van der Waals surface area contributed by atoms with Crippen LogP contribution in [0.3, 0.4) is 0 Å². The Morgan fingerprint density at radius 3 is 2.47 bits per heavy atom. The Hall–Kier alpha value is -0.470. The molecular formula is C17H27NS. The van der Waals surface area contributed by atoms with Crippen LogP contribution in [0.2, 0.25) is 0 Å². The summed E-state index contributed by atoms with van der Waals surface area (Å²) in [6.45, 7) is 7.81. The van der Waals surface area contributed by atoms with Gasteiger partial charge in [0.05, 0.1) is 0 Å². The topological polar surface area (TPSA) is 12.0 Å². The first-order valence-electron chi connectivity index (χ1n) is 7.42. The van der Waals surface area contributed by atoms with Crippen molar-refractivity contribution in [3.8, 4) is 0 Å². The lowest BCUT2D eigenvalue weighted by atomic mass is 10.0. The Morgan fingerprint density at radius 2 is 1.89 bits per heavy atom. The van der Waals surface area contributed by atoms with Crippen LogP contribution in [0.5, 0.6) is 0 Å². The van der Waals surface area contributed by atoms with Crippen molar-refractivity contribution in [3.63, 3.8) is 0 Å². The van der Waals surface area contributed by atoms with E-state index < -0.39 is 0 Å². The molecule has 106 valence electrons. The van der Waals surface area contributed by atoms with E-state index in [1.165, 1.54) is 42.4 Å². The maximum absolute atomic E-state index is 3.76. The summed E-state index contributed by atoms with van der Waals surface area (Å²) in [6, 6.07) is 7.28. The van der Waals surface area contributed by atoms with Crippen LogP contribution in [0, 0.1) is 13.8 Å². The molecule has 1 saturated carbocycles. The van der Waals surface area contributed by atoms with E-state index in [2.05, 4.69) is 62.3 Å². The molecule has 1 aromatic carbocycles. The number of hydrogen-bond donors (Lipinski definition) is 1. The van der Waals surface area contributed by atoms with Gasteiger partial charge in [0.15, 0.2) is 0 Å². The predicted molar refractivity (Wildman–Crippen MR) is 87.0 cm³/mol. The van der Waals surface area contributed by atoms with Crippen LogP contribution in [0.1, 0.15) is 55.3 Å². The molecule has 1 aromatic rings. The highest BCUT2D eigenvalue weighted by molar-refractivity contribution is 8.00. The minimum atomic E-state index is 0.448. The minimum absolute atomic E-state index is 0.448. The summed E-state index contributed by atoms with van der Waals surface area (Å²) in [5, 5.41) is 3.76. The molecule has 19 heavy (non-hydrogen) atoms. The van der Waals surface area contributed by atoms with E-state index in [0.29, 0.717) is 10.8 Å². The van der Waals surface area contributed by atoms with Gasteiger partial charge in [0, 0.05) is 17.3 Å². The van der Waals surface area contributed by atoms with E-state index >= 15 is 0 Å². The second-order valence-corrected chi connectivity index (χ2v) is 7.31. The van der Waals surface area contributed by atoms with Crippen molar-refractivity contribution in [2.45, 2.75) is 57.2 Å². The van der Waals surface area contributed by atoms with Gasteiger partial charge in [-0.3, -0.25) is 0 Å². The third-order valence-corrected chi connectivity index (χ3v) is 6.13. The zero-order valence-electron chi connectivity index (χ0n) is 12.8. The highest BCUT2D eigenvalue weighted by Crippen LogP contribution is 2.40. The second-order valence-electron chi connectivity index (χ2n) is 6.04. The molecule has 1 atom stereocenters. The maximum Gasteiger partial charge on any atom is 0.0292 e. The Bertz CT molecular complexity index is 421. The van der Waals surface area contributed by atoms with Gasteiger partial charge in [-0.05, 0) is 56.6 Å². The zero-order valence-corrected chi connectivity index (χ0v) is 13.6. The molecule has 0 radical (unpaired) electrons. The van der Waals surface area contributed by atoms with Crippen molar-refractivity contribution in [1.29, 1.82) is 0 Å². The van der Waals surface area contributed by atoms with Gasteiger partial charge in [0.1, 0.15) is 0 Å². The van der Waals surface area contributed by atoms with Crippen molar-refractivity contribution in [2.75, 3.05) is 12.8 Å². The van der Waals surface area contributed by atoms with Gasteiger partial charge in [-0.2, -0.15) is 11.8 Å². The number of benzene rings is 1. The van der Waals surface area contributed by atoms with Gasteiger partial charge in [-0.1, -0.05) is 31.0 Å². The summed E-state index contributed by atoms with van der Waals surface area (Å²) in [5.74, 6) is 0. The van der Waals surface area contributed by atoms with E-state index in [1.807, 2.05) is 0 Å². The lowest BCUT2D eigenvalue weighted by Gasteiger charge is -2.29. The van der Waals surface area contributed by atoms with Gasteiger partial charge in [-0.25, -0.2) is 0 Å². The van der Waals surface area contributed by atoms with Crippen LogP contribution in [0.15, 0.2) is 18.2 Å². The lowest BCUT2D eigenvalue weighted by Crippen LogP contribution is -2.36. The molecule has 0 saturated heterocycles. The first-order chi connectivity index (χ1) is 9.06. The first kappa shape index (κ1) is 14.9. The van der Waals surface area contributed by atoms with Crippen molar-refractivity contribution in [3.05, 3.63) is 34.9 Å². The monoisotopic (exact) mass is 277 g/mol. The van der Waals surface area contributed by atoms with Gasteiger partial charge in [-0.15, -0.1) is 0 Å². The summed E-state index contributed by atoms with van der Waals surface area (Å²) in [6.07, 6.45) is 7.83. The van der Waals surface area contributed by atoms with Crippen LogP contribution < -0.4 is 5.32 Å². The summed E-state index contributed by atoms with van der Waals surface area (Å²) >= 11 is 2.06. The van der Waals surface area contributed by atoms with Crippen molar-refractivity contribution < 1.29 is 0 Å². The van der Waals surface area contributed by atoms with Crippen LogP contribution >= 0.6 is 11.8 Å². The van der Waals surface area contributed by atoms with E-state index in [-0.39, 0.29) is 0 Å². The Kier molecular flexibility index (Phi) is 4.97. The molecule has 0 aromatic heterocycles. The zero-order chi connectivity index (χ0) is 13.9. The molecule has 2 heteroatoms. The predicted octanol–water partition coefficient (Wildman–Crippen LogP) is 4.63. The fourth-order valence-corrected chi connectivity index (χ4v) is 3.89. The largest absolute Gasteiger partial charge is 0.309 e. The number of thioether (sulfide) groups is 1. The highest BCUT2D eigenvalue weighted by Gasteiger charge is 2.32. The summed E-state index contributed by atoms with van der Waals surface area (Å²) in [5.41, 5.74) is 4.19. The SMILES string of the molecule is CSC1(CNC(C)c2ccc(C)c(C)c2)CCCC1. The Morgan fingerprint density at radius 1 is 1.21 bits per heavy atom. The van der Waals surface area contributed by atoms with Crippen LogP contribution in [0.4, 0.5) is 0 Å². The summed E-state index contributed by atoms with van der Waals surface area (Å²) < 4.78 is 0.494. The summed E-state index contributed by atoms with van der Waals surface area (Å²) in [4.78, 5) is 0. The van der Waals surface area contributed by atoms with Gasteiger partial charge in [0.25, 0.3) is 0 Å². The fraction of sp³-hybridized carbons (Fsp3) is 0.647. The third-order valence-electron chi connectivity index (χ3n) is 4.71. The van der Waals surface area contributed by atoms with E-state index in [4.69, 9.17) is 0 Å². The minimum Gasteiger partial charge on any atom is -0.309 e. The van der Waals surface area contributed by atoms with Gasteiger partial charge in [0.2, 0.25) is 0 Å². The second kappa shape index (κ2) is 6.32. The maximum atomic E-state index is 3.76. The van der Waals surface area contributed by atoms with Crippen molar-refractivity contribution in [2.24, 2.45) is 0 Å². The number of nitrogens with one attached hydrogen (secondary N) is 1. The van der Waals surface area contributed by atoms with Crippen LogP contribution in [-0.4, -0.2) is 17.5 Å². The average molecular weight is 277 g/mol. The molecule has 0 bridgehead atoms.